The highest BCUT2D eigenvalue weighted by Gasteiger charge is 2.24. The Hall–Kier alpha value is -1.04. The number of amides is 1. The third kappa shape index (κ3) is 3.06. The highest BCUT2D eigenvalue weighted by atomic mass is 32.2. The van der Waals surface area contributed by atoms with Crippen molar-refractivity contribution in [3.8, 4) is 0 Å². The summed E-state index contributed by atoms with van der Waals surface area (Å²) in [6.45, 7) is 2.21. The lowest BCUT2D eigenvalue weighted by Crippen LogP contribution is -2.29. The van der Waals surface area contributed by atoms with Gasteiger partial charge in [-0.05, 0) is 13.0 Å². The van der Waals surface area contributed by atoms with Crippen LogP contribution in [-0.4, -0.2) is 32.9 Å². The van der Waals surface area contributed by atoms with Crippen LogP contribution in [0.4, 0.5) is 4.79 Å². The Morgan fingerprint density at radius 1 is 1.69 bits per heavy atom. The zero-order chi connectivity index (χ0) is 9.90. The van der Waals surface area contributed by atoms with Gasteiger partial charge in [-0.25, -0.2) is 13.2 Å². The monoisotopic (exact) mass is 205 g/mol. The number of hydrogen-bond acceptors (Lipinski definition) is 4. The van der Waals surface area contributed by atoms with Gasteiger partial charge < -0.3 is 10.1 Å². The second-order valence-corrected chi connectivity index (χ2v) is 4.56. The van der Waals surface area contributed by atoms with Gasteiger partial charge >= 0.3 is 6.09 Å². The van der Waals surface area contributed by atoms with E-state index in [1.807, 2.05) is 0 Å². The van der Waals surface area contributed by atoms with E-state index in [0.29, 0.717) is 6.54 Å². The second-order valence-electron chi connectivity index (χ2n) is 2.63. The van der Waals surface area contributed by atoms with E-state index in [1.165, 1.54) is 6.08 Å². The van der Waals surface area contributed by atoms with Crippen LogP contribution in [0.15, 0.2) is 11.5 Å². The van der Waals surface area contributed by atoms with Crippen LogP contribution < -0.4 is 5.32 Å². The summed E-state index contributed by atoms with van der Waals surface area (Å²) in [5.41, 5.74) is 0. The molecule has 1 aliphatic rings. The van der Waals surface area contributed by atoms with Crippen molar-refractivity contribution >= 4 is 15.9 Å². The summed E-state index contributed by atoms with van der Waals surface area (Å²) >= 11 is 0. The van der Waals surface area contributed by atoms with E-state index in [9.17, 15) is 13.2 Å². The molecule has 0 aromatic carbocycles. The smallest absolute Gasteiger partial charge is 0.407 e. The van der Waals surface area contributed by atoms with Gasteiger partial charge in [-0.3, -0.25) is 0 Å². The second kappa shape index (κ2) is 3.78. The number of carbonyl (C=O) groups excluding carboxylic acids is 1. The third-order valence-corrected chi connectivity index (χ3v) is 2.84. The molecule has 74 valence electrons. The van der Waals surface area contributed by atoms with Crippen molar-refractivity contribution in [2.75, 3.05) is 12.3 Å². The predicted octanol–water partition coefficient (Wildman–Crippen LogP) is 0.0432. The van der Waals surface area contributed by atoms with E-state index in [-0.39, 0.29) is 5.75 Å². The Morgan fingerprint density at radius 3 is 2.85 bits per heavy atom. The lowest BCUT2D eigenvalue weighted by Gasteiger charge is -2.08. The van der Waals surface area contributed by atoms with Gasteiger partial charge in [-0.2, -0.15) is 0 Å². The van der Waals surface area contributed by atoms with E-state index < -0.39 is 22.0 Å². The van der Waals surface area contributed by atoms with Gasteiger partial charge in [-0.1, -0.05) is 0 Å². The number of alkyl carbamates (subject to hydrolysis) is 1. The highest BCUT2D eigenvalue weighted by Crippen LogP contribution is 2.11. The van der Waals surface area contributed by atoms with Crippen molar-refractivity contribution < 1.29 is 17.9 Å². The molecule has 0 aromatic heterocycles. The maximum absolute atomic E-state index is 10.9. The van der Waals surface area contributed by atoms with Gasteiger partial charge in [0.15, 0.2) is 9.84 Å². The molecule has 1 N–H and O–H groups in total. The maximum atomic E-state index is 10.9. The van der Waals surface area contributed by atoms with Gasteiger partial charge in [0.1, 0.15) is 6.10 Å². The molecule has 1 amide bonds. The van der Waals surface area contributed by atoms with Gasteiger partial charge in [0.25, 0.3) is 0 Å². The summed E-state index contributed by atoms with van der Waals surface area (Å²) in [5.74, 6) is -0.149. The van der Waals surface area contributed by atoms with Crippen LogP contribution in [0.5, 0.6) is 0 Å². The fraction of sp³-hybridized carbons (Fsp3) is 0.571. The zero-order valence-corrected chi connectivity index (χ0v) is 8.00. The molecule has 1 aliphatic heterocycles. The highest BCUT2D eigenvalue weighted by molar-refractivity contribution is 7.94. The van der Waals surface area contributed by atoms with E-state index in [2.05, 4.69) is 5.32 Å². The predicted molar refractivity (Wildman–Crippen MR) is 46.9 cm³/mol. The molecule has 0 fully saturated rings. The van der Waals surface area contributed by atoms with Gasteiger partial charge in [0.05, 0.1) is 5.75 Å². The lowest BCUT2D eigenvalue weighted by molar-refractivity contribution is 0.129. The minimum absolute atomic E-state index is 0.149. The van der Waals surface area contributed by atoms with Crippen molar-refractivity contribution in [2.45, 2.75) is 13.0 Å². The minimum Gasteiger partial charge on any atom is -0.441 e. The first kappa shape index (κ1) is 10.0. The molecule has 1 heterocycles. The van der Waals surface area contributed by atoms with Crippen molar-refractivity contribution in [1.82, 2.24) is 5.32 Å². The molecule has 0 aliphatic carbocycles. The average molecular weight is 205 g/mol. The molecule has 1 rings (SSSR count). The van der Waals surface area contributed by atoms with Crippen molar-refractivity contribution in [3.63, 3.8) is 0 Å². The molecule has 0 saturated heterocycles. The average Bonchev–Trinajstić information content (AvgIpc) is 2.30. The molecule has 5 nitrogen and oxygen atoms in total. The van der Waals surface area contributed by atoms with E-state index >= 15 is 0 Å². The van der Waals surface area contributed by atoms with Crippen molar-refractivity contribution in [3.05, 3.63) is 11.5 Å². The fourth-order valence-electron chi connectivity index (χ4n) is 0.944. The van der Waals surface area contributed by atoms with Gasteiger partial charge in [0, 0.05) is 12.0 Å². The van der Waals surface area contributed by atoms with E-state index in [0.717, 1.165) is 5.41 Å². The Balaban J connectivity index is 2.42. The summed E-state index contributed by atoms with van der Waals surface area (Å²) in [6.07, 6.45) is 0.135. The summed E-state index contributed by atoms with van der Waals surface area (Å²) in [5, 5.41) is 3.48. The lowest BCUT2D eigenvalue weighted by atomic mass is 10.4. The first-order valence-electron chi connectivity index (χ1n) is 3.89. The molecule has 6 heteroatoms. The van der Waals surface area contributed by atoms with Crippen LogP contribution in [0.25, 0.3) is 0 Å². The minimum atomic E-state index is -3.14. The molecule has 0 spiro atoms. The van der Waals surface area contributed by atoms with Gasteiger partial charge in [0.2, 0.25) is 0 Å². The number of rotatable bonds is 2. The Kier molecular flexibility index (Phi) is 2.92. The molecule has 1 atom stereocenters. The van der Waals surface area contributed by atoms with Crippen LogP contribution in [0, 0.1) is 0 Å². The number of nitrogens with one attached hydrogen (secondary N) is 1. The zero-order valence-electron chi connectivity index (χ0n) is 7.19. The Bertz CT molecular complexity index is 319. The normalized spacial score (nSPS) is 24.2. The molecule has 0 aromatic rings. The number of carbonyl (C=O) groups is 1. The van der Waals surface area contributed by atoms with Crippen LogP contribution in [0.1, 0.15) is 6.92 Å². The molecule has 0 radical (unpaired) electrons. The van der Waals surface area contributed by atoms with Crippen molar-refractivity contribution in [2.24, 2.45) is 0 Å². The third-order valence-electron chi connectivity index (χ3n) is 1.48. The van der Waals surface area contributed by atoms with Crippen LogP contribution in [0.3, 0.4) is 0 Å². The Labute approximate surface area is 76.7 Å². The topological polar surface area (TPSA) is 72.5 Å². The molecule has 0 bridgehead atoms. The first-order chi connectivity index (χ1) is 6.03. The molecule has 0 saturated carbocycles. The Morgan fingerprint density at radius 2 is 2.38 bits per heavy atom. The SMILES string of the molecule is CCNC(=O)OC1C=CS(=O)(=O)C1. The first-order valence-corrected chi connectivity index (χ1v) is 5.60. The molecule has 1 unspecified atom stereocenters. The summed E-state index contributed by atoms with van der Waals surface area (Å²) in [6, 6.07) is 0. The van der Waals surface area contributed by atoms with Crippen LogP contribution >= 0.6 is 0 Å². The number of sulfone groups is 1. The maximum Gasteiger partial charge on any atom is 0.407 e. The molecular formula is C7H11NO4S. The molecular weight excluding hydrogens is 194 g/mol. The van der Waals surface area contributed by atoms with E-state index in [4.69, 9.17) is 4.74 Å². The van der Waals surface area contributed by atoms with Crippen LogP contribution in [-0.2, 0) is 14.6 Å². The van der Waals surface area contributed by atoms with Crippen LogP contribution in [0.2, 0.25) is 0 Å². The summed E-state index contributed by atoms with van der Waals surface area (Å²) in [4.78, 5) is 10.8. The summed E-state index contributed by atoms with van der Waals surface area (Å²) in [7, 11) is -3.14. The quantitative estimate of drug-likeness (QED) is 0.691. The standard InChI is InChI=1S/C7H11NO4S/c1-2-8-7(9)12-6-3-4-13(10,11)5-6/h3-4,6H,2,5H2,1H3,(H,8,9). The largest absolute Gasteiger partial charge is 0.441 e. The fourth-order valence-corrected chi connectivity index (χ4v) is 2.11. The van der Waals surface area contributed by atoms with Crippen molar-refractivity contribution in [1.29, 1.82) is 0 Å². The van der Waals surface area contributed by atoms with E-state index in [1.54, 1.807) is 6.92 Å². The number of ether oxygens (including phenoxy) is 1. The van der Waals surface area contributed by atoms with Gasteiger partial charge in [-0.15, -0.1) is 0 Å². The summed E-state index contributed by atoms with van der Waals surface area (Å²) < 4.78 is 26.5. The number of hydrogen-bond donors (Lipinski definition) is 1. The molecule has 13 heavy (non-hydrogen) atoms.